The van der Waals surface area contributed by atoms with Crippen molar-refractivity contribution in [2.24, 2.45) is 0 Å². The molecule has 1 N–H and O–H groups in total. The van der Waals surface area contributed by atoms with Crippen molar-refractivity contribution < 1.29 is 4.79 Å². The lowest BCUT2D eigenvalue weighted by atomic mass is 10.1. The van der Waals surface area contributed by atoms with Crippen molar-refractivity contribution in [2.45, 2.75) is 44.3 Å². The largest absolute Gasteiger partial charge is 0.324 e. The smallest absolute Gasteiger partial charge is 0.234 e. The number of carbonyl (C=O) groups is 1. The highest BCUT2D eigenvalue weighted by Gasteiger charge is 2.30. The van der Waals surface area contributed by atoms with Crippen molar-refractivity contribution in [3.63, 3.8) is 0 Å². The van der Waals surface area contributed by atoms with E-state index in [4.69, 9.17) is 11.6 Å². The van der Waals surface area contributed by atoms with Gasteiger partial charge < -0.3 is 9.88 Å². The lowest BCUT2D eigenvalue weighted by Gasteiger charge is -2.11. The van der Waals surface area contributed by atoms with Gasteiger partial charge in [0.05, 0.1) is 16.5 Å². The first-order valence-electron chi connectivity index (χ1n) is 8.23. The third-order valence-electron chi connectivity index (χ3n) is 4.03. The third-order valence-corrected chi connectivity index (χ3v) is 5.29. The van der Waals surface area contributed by atoms with Gasteiger partial charge in [-0.15, -0.1) is 16.8 Å². The molecule has 1 amide bonds. The summed E-state index contributed by atoms with van der Waals surface area (Å²) in [6.45, 7) is 8.37. The molecule has 0 unspecified atom stereocenters. The van der Waals surface area contributed by atoms with E-state index in [2.05, 4.69) is 22.1 Å². The number of aryl methyl sites for hydroxylation is 2. The molecule has 1 aromatic heterocycles. The second kappa shape index (κ2) is 7.62. The molecule has 1 saturated carbocycles. The topological polar surface area (TPSA) is 59.8 Å². The van der Waals surface area contributed by atoms with E-state index in [-0.39, 0.29) is 11.7 Å². The molecule has 0 radical (unpaired) electrons. The van der Waals surface area contributed by atoms with Gasteiger partial charge in [0.1, 0.15) is 5.82 Å². The molecular weight excluding hydrogens is 356 g/mol. The minimum atomic E-state index is -0.111. The van der Waals surface area contributed by atoms with Crippen LogP contribution in [0.3, 0.4) is 0 Å². The van der Waals surface area contributed by atoms with E-state index in [0.717, 1.165) is 34.9 Å². The maximum absolute atomic E-state index is 12.3. The van der Waals surface area contributed by atoms with Gasteiger partial charge in [-0.05, 0) is 43.9 Å². The second-order valence-corrected chi connectivity index (χ2v) is 7.64. The number of aromatic nitrogens is 3. The van der Waals surface area contributed by atoms with Gasteiger partial charge >= 0.3 is 0 Å². The molecule has 1 aliphatic carbocycles. The molecule has 0 saturated heterocycles. The molecular formula is C18H21ClN4OS. The number of amides is 1. The molecule has 0 spiro atoms. The van der Waals surface area contributed by atoms with Crippen LogP contribution in [-0.2, 0) is 11.3 Å². The van der Waals surface area contributed by atoms with E-state index < -0.39 is 0 Å². The maximum Gasteiger partial charge on any atom is 0.234 e. The fourth-order valence-electron chi connectivity index (χ4n) is 2.73. The molecule has 1 fully saturated rings. The Hall–Kier alpha value is -1.79. The normalized spacial score (nSPS) is 13.7. The van der Waals surface area contributed by atoms with Gasteiger partial charge in [0.25, 0.3) is 0 Å². The van der Waals surface area contributed by atoms with Crippen molar-refractivity contribution in [1.82, 2.24) is 14.8 Å². The summed E-state index contributed by atoms with van der Waals surface area (Å²) in [6.07, 6.45) is 4.14. The number of thioether (sulfide) groups is 1. The number of halogens is 1. The number of carbonyl (C=O) groups excluding carboxylic acids is 1. The van der Waals surface area contributed by atoms with Crippen LogP contribution in [0.15, 0.2) is 29.9 Å². The molecule has 3 rings (SSSR count). The fourth-order valence-corrected chi connectivity index (χ4v) is 3.85. The average Bonchev–Trinajstić information content (AvgIpc) is 3.32. The van der Waals surface area contributed by atoms with Gasteiger partial charge in [0, 0.05) is 12.5 Å². The fraction of sp³-hybridized carbons (Fsp3) is 0.389. The number of hydrogen-bond donors (Lipinski definition) is 1. The van der Waals surface area contributed by atoms with Crippen LogP contribution in [0.4, 0.5) is 5.69 Å². The van der Waals surface area contributed by atoms with Crippen LogP contribution in [-0.4, -0.2) is 26.4 Å². The first kappa shape index (κ1) is 18.0. The summed E-state index contributed by atoms with van der Waals surface area (Å²) < 4.78 is 2.05. The van der Waals surface area contributed by atoms with Crippen LogP contribution in [0.2, 0.25) is 5.02 Å². The molecule has 5 nitrogen and oxygen atoms in total. The zero-order valence-corrected chi connectivity index (χ0v) is 16.0. The minimum absolute atomic E-state index is 0.111. The summed E-state index contributed by atoms with van der Waals surface area (Å²) in [7, 11) is 0. The first-order chi connectivity index (χ1) is 12.0. The number of nitrogens with one attached hydrogen (secondary N) is 1. The van der Waals surface area contributed by atoms with Crippen molar-refractivity contribution in [3.05, 3.63) is 46.8 Å². The van der Waals surface area contributed by atoms with E-state index in [1.54, 1.807) is 0 Å². The number of hydrogen-bond acceptors (Lipinski definition) is 4. The lowest BCUT2D eigenvalue weighted by Crippen LogP contribution is -2.16. The standard InChI is InChI=1S/C18H21ClN4OS/c1-4-7-23-17(13-5-6-13)21-22-18(23)25-10-15(24)20-16-12(3)8-11(2)9-14(16)19/h4,8-9,13H,1,5-7,10H2,2-3H3,(H,20,24). The SMILES string of the molecule is C=CCn1c(SCC(=O)Nc2c(C)cc(C)cc2Cl)nnc1C1CC1. The Labute approximate surface area is 156 Å². The molecule has 1 aliphatic rings. The van der Waals surface area contributed by atoms with Crippen molar-refractivity contribution in [1.29, 1.82) is 0 Å². The Bertz CT molecular complexity index is 790. The highest BCUT2D eigenvalue weighted by atomic mass is 35.5. The predicted molar refractivity (Wildman–Crippen MR) is 102 cm³/mol. The summed E-state index contributed by atoms with van der Waals surface area (Å²) >= 11 is 7.63. The van der Waals surface area contributed by atoms with Crippen LogP contribution < -0.4 is 5.32 Å². The van der Waals surface area contributed by atoms with E-state index in [1.165, 1.54) is 11.8 Å². The molecule has 1 aromatic carbocycles. The number of benzene rings is 1. The summed E-state index contributed by atoms with van der Waals surface area (Å²) in [4.78, 5) is 12.3. The highest BCUT2D eigenvalue weighted by molar-refractivity contribution is 7.99. The first-order valence-corrected chi connectivity index (χ1v) is 9.59. The molecule has 2 aromatic rings. The molecule has 0 bridgehead atoms. The van der Waals surface area contributed by atoms with Gasteiger partial charge in [0.15, 0.2) is 5.16 Å². The molecule has 0 aliphatic heterocycles. The summed E-state index contributed by atoms with van der Waals surface area (Å²) in [5.74, 6) is 1.65. The zero-order chi connectivity index (χ0) is 18.0. The Morgan fingerprint density at radius 1 is 1.44 bits per heavy atom. The van der Waals surface area contributed by atoms with E-state index >= 15 is 0 Å². The van der Waals surface area contributed by atoms with Crippen molar-refractivity contribution >= 4 is 35.0 Å². The van der Waals surface area contributed by atoms with Crippen LogP contribution in [0, 0.1) is 13.8 Å². The Balaban J connectivity index is 1.66. The molecule has 25 heavy (non-hydrogen) atoms. The predicted octanol–water partition coefficient (Wildman–Crippen LogP) is 4.34. The summed E-state index contributed by atoms with van der Waals surface area (Å²) in [6, 6.07) is 3.84. The van der Waals surface area contributed by atoms with E-state index in [0.29, 0.717) is 23.2 Å². The van der Waals surface area contributed by atoms with Gasteiger partial charge in [-0.2, -0.15) is 0 Å². The zero-order valence-electron chi connectivity index (χ0n) is 14.4. The summed E-state index contributed by atoms with van der Waals surface area (Å²) in [5, 5.41) is 12.7. The molecule has 132 valence electrons. The van der Waals surface area contributed by atoms with Gasteiger partial charge in [0.2, 0.25) is 5.91 Å². The van der Waals surface area contributed by atoms with Crippen LogP contribution in [0.25, 0.3) is 0 Å². The van der Waals surface area contributed by atoms with Gasteiger partial charge in [-0.1, -0.05) is 35.5 Å². The van der Waals surface area contributed by atoms with E-state index in [1.807, 2.05) is 36.6 Å². The summed E-state index contributed by atoms with van der Waals surface area (Å²) in [5.41, 5.74) is 2.69. The molecule has 0 atom stereocenters. The second-order valence-electron chi connectivity index (χ2n) is 6.29. The lowest BCUT2D eigenvalue weighted by molar-refractivity contribution is -0.113. The average molecular weight is 377 g/mol. The minimum Gasteiger partial charge on any atom is -0.324 e. The van der Waals surface area contributed by atoms with Gasteiger partial charge in [-0.3, -0.25) is 4.79 Å². The Morgan fingerprint density at radius 2 is 2.20 bits per heavy atom. The number of nitrogens with zero attached hydrogens (tertiary/aromatic N) is 3. The van der Waals surface area contributed by atoms with Crippen LogP contribution >= 0.6 is 23.4 Å². The Morgan fingerprint density at radius 3 is 2.84 bits per heavy atom. The third kappa shape index (κ3) is 4.25. The maximum atomic E-state index is 12.3. The van der Waals surface area contributed by atoms with Crippen LogP contribution in [0.1, 0.15) is 35.7 Å². The van der Waals surface area contributed by atoms with Crippen LogP contribution in [0.5, 0.6) is 0 Å². The number of rotatable bonds is 7. The van der Waals surface area contributed by atoms with Gasteiger partial charge in [-0.25, -0.2) is 0 Å². The van der Waals surface area contributed by atoms with E-state index in [9.17, 15) is 4.79 Å². The number of allylic oxidation sites excluding steroid dienone is 1. The highest BCUT2D eigenvalue weighted by Crippen LogP contribution is 2.40. The molecule has 7 heteroatoms. The number of anilines is 1. The monoisotopic (exact) mass is 376 g/mol. The van der Waals surface area contributed by atoms with Crippen molar-refractivity contribution in [3.8, 4) is 0 Å². The van der Waals surface area contributed by atoms with Crippen molar-refractivity contribution in [2.75, 3.05) is 11.1 Å². The quantitative estimate of drug-likeness (QED) is 0.576. The molecule has 1 heterocycles. The Kier molecular flexibility index (Phi) is 5.49.